The van der Waals surface area contributed by atoms with Crippen LogP contribution >= 0.6 is 0 Å². The summed E-state index contributed by atoms with van der Waals surface area (Å²) in [5, 5.41) is 0. The van der Waals surface area contributed by atoms with Gasteiger partial charge in [-0.15, -0.1) is 0 Å². The number of esters is 1. The summed E-state index contributed by atoms with van der Waals surface area (Å²) < 4.78 is 20.8. The monoisotopic (exact) mass is 268 g/mol. The maximum Gasteiger partial charge on any atom is 0.340 e. The molecule has 1 unspecified atom stereocenters. The van der Waals surface area contributed by atoms with E-state index in [4.69, 9.17) is 18.9 Å². The average Bonchev–Trinajstić information content (AvgIpc) is 2.47. The van der Waals surface area contributed by atoms with E-state index in [1.165, 1.54) is 21.3 Å². The minimum absolute atomic E-state index is 0.267. The van der Waals surface area contributed by atoms with Crippen molar-refractivity contribution in [2.75, 3.05) is 21.3 Å². The van der Waals surface area contributed by atoms with Crippen molar-refractivity contribution < 1.29 is 23.7 Å². The zero-order valence-electron chi connectivity index (χ0n) is 11.7. The lowest BCUT2D eigenvalue weighted by Crippen LogP contribution is -2.49. The number of ether oxygens (including phenoxy) is 4. The standard InChI is InChI=1S/C14H20O5/c1-14(17-3,18-4)12(13(15)16-2)19-10-11-8-6-5-7-9-11/h5-9,12H,10H2,1-4H3. The van der Waals surface area contributed by atoms with Crippen molar-refractivity contribution in [2.45, 2.75) is 25.4 Å². The predicted molar refractivity (Wildman–Crippen MR) is 69.5 cm³/mol. The van der Waals surface area contributed by atoms with E-state index in [1.54, 1.807) is 6.92 Å². The SMILES string of the molecule is COC(=O)C(OCc1ccccc1)C(C)(OC)OC. The van der Waals surface area contributed by atoms with Crippen LogP contribution in [-0.4, -0.2) is 39.2 Å². The highest BCUT2D eigenvalue weighted by atomic mass is 16.7. The Morgan fingerprint density at radius 1 is 1.16 bits per heavy atom. The first-order chi connectivity index (χ1) is 9.07. The van der Waals surface area contributed by atoms with Gasteiger partial charge in [0.15, 0.2) is 0 Å². The average molecular weight is 268 g/mol. The van der Waals surface area contributed by atoms with E-state index in [1.807, 2.05) is 30.3 Å². The quantitative estimate of drug-likeness (QED) is 0.557. The van der Waals surface area contributed by atoms with Gasteiger partial charge in [-0.25, -0.2) is 4.79 Å². The fourth-order valence-electron chi connectivity index (χ4n) is 1.59. The Hall–Kier alpha value is -1.43. The molecule has 5 nitrogen and oxygen atoms in total. The molecule has 0 fully saturated rings. The van der Waals surface area contributed by atoms with Crippen LogP contribution in [-0.2, 0) is 30.3 Å². The minimum Gasteiger partial charge on any atom is -0.467 e. The molecule has 0 aliphatic rings. The summed E-state index contributed by atoms with van der Waals surface area (Å²) in [6, 6.07) is 9.53. The van der Waals surface area contributed by atoms with Crippen LogP contribution in [0.1, 0.15) is 12.5 Å². The van der Waals surface area contributed by atoms with Gasteiger partial charge in [0.05, 0.1) is 13.7 Å². The Kier molecular flexibility index (Phi) is 5.95. The van der Waals surface area contributed by atoms with Gasteiger partial charge in [-0.05, 0) is 12.5 Å². The van der Waals surface area contributed by atoms with Crippen LogP contribution < -0.4 is 0 Å². The van der Waals surface area contributed by atoms with Crippen molar-refractivity contribution in [1.82, 2.24) is 0 Å². The zero-order chi connectivity index (χ0) is 14.3. The second-order valence-corrected chi connectivity index (χ2v) is 4.12. The molecule has 0 heterocycles. The lowest BCUT2D eigenvalue weighted by molar-refractivity contribution is -0.261. The summed E-state index contributed by atoms with van der Waals surface area (Å²) in [4.78, 5) is 11.8. The van der Waals surface area contributed by atoms with E-state index in [0.717, 1.165) is 5.56 Å². The van der Waals surface area contributed by atoms with Crippen LogP contribution in [0.5, 0.6) is 0 Å². The number of benzene rings is 1. The Bertz CT molecular complexity index is 386. The van der Waals surface area contributed by atoms with Gasteiger partial charge < -0.3 is 18.9 Å². The third-order valence-corrected chi connectivity index (χ3v) is 2.96. The van der Waals surface area contributed by atoms with E-state index >= 15 is 0 Å². The topological polar surface area (TPSA) is 54.0 Å². The van der Waals surface area contributed by atoms with E-state index in [9.17, 15) is 4.79 Å². The van der Waals surface area contributed by atoms with E-state index < -0.39 is 17.9 Å². The molecular weight excluding hydrogens is 248 g/mol. The predicted octanol–water partition coefficient (Wildman–Crippen LogP) is 1.75. The molecule has 0 amide bonds. The molecule has 0 aromatic heterocycles. The molecule has 0 radical (unpaired) electrons. The maximum absolute atomic E-state index is 11.8. The van der Waals surface area contributed by atoms with Gasteiger partial charge in [-0.1, -0.05) is 30.3 Å². The van der Waals surface area contributed by atoms with Gasteiger partial charge in [0.2, 0.25) is 11.9 Å². The highest BCUT2D eigenvalue weighted by molar-refractivity contribution is 5.75. The third kappa shape index (κ3) is 4.02. The second kappa shape index (κ2) is 7.23. The Balaban J connectivity index is 2.78. The summed E-state index contributed by atoms with van der Waals surface area (Å²) in [5.74, 6) is -1.73. The summed E-state index contributed by atoms with van der Waals surface area (Å²) in [6.07, 6.45) is -0.965. The summed E-state index contributed by atoms with van der Waals surface area (Å²) >= 11 is 0. The number of hydrogen-bond donors (Lipinski definition) is 0. The molecule has 1 rings (SSSR count). The van der Waals surface area contributed by atoms with Gasteiger partial charge in [0.25, 0.3) is 0 Å². The van der Waals surface area contributed by atoms with Crippen molar-refractivity contribution in [3.8, 4) is 0 Å². The molecule has 0 bridgehead atoms. The van der Waals surface area contributed by atoms with Crippen LogP contribution in [0.3, 0.4) is 0 Å². The fourth-order valence-corrected chi connectivity index (χ4v) is 1.59. The first-order valence-corrected chi connectivity index (χ1v) is 5.91. The normalized spacial score (nSPS) is 13.1. The molecule has 0 N–H and O–H groups in total. The molecule has 0 aliphatic heterocycles. The molecule has 5 heteroatoms. The van der Waals surface area contributed by atoms with E-state index in [-0.39, 0.29) is 6.61 Å². The second-order valence-electron chi connectivity index (χ2n) is 4.12. The van der Waals surface area contributed by atoms with E-state index in [0.29, 0.717) is 0 Å². The van der Waals surface area contributed by atoms with Crippen molar-refractivity contribution >= 4 is 5.97 Å². The van der Waals surface area contributed by atoms with Crippen molar-refractivity contribution in [3.63, 3.8) is 0 Å². The lowest BCUT2D eigenvalue weighted by Gasteiger charge is -2.32. The molecule has 1 aromatic carbocycles. The molecule has 1 atom stereocenters. The van der Waals surface area contributed by atoms with Crippen LogP contribution in [0.25, 0.3) is 0 Å². The zero-order valence-corrected chi connectivity index (χ0v) is 11.7. The van der Waals surface area contributed by atoms with Gasteiger partial charge >= 0.3 is 5.97 Å². The maximum atomic E-state index is 11.8. The summed E-state index contributed by atoms with van der Waals surface area (Å²) in [6.45, 7) is 1.89. The smallest absolute Gasteiger partial charge is 0.340 e. The molecule has 1 aromatic rings. The van der Waals surface area contributed by atoms with E-state index in [2.05, 4.69) is 0 Å². The number of rotatable bonds is 7. The number of hydrogen-bond acceptors (Lipinski definition) is 5. The minimum atomic E-state index is -1.19. The number of carbonyl (C=O) groups is 1. The molecule has 0 spiro atoms. The Labute approximate surface area is 113 Å². The first kappa shape index (κ1) is 15.6. The van der Waals surface area contributed by atoms with Gasteiger partial charge in [0, 0.05) is 14.2 Å². The largest absolute Gasteiger partial charge is 0.467 e. The molecule has 106 valence electrons. The van der Waals surface area contributed by atoms with Crippen LogP contribution in [0.4, 0.5) is 0 Å². The van der Waals surface area contributed by atoms with Gasteiger partial charge in [-0.2, -0.15) is 0 Å². The van der Waals surface area contributed by atoms with Crippen molar-refractivity contribution in [1.29, 1.82) is 0 Å². The third-order valence-electron chi connectivity index (χ3n) is 2.96. The van der Waals surface area contributed by atoms with Gasteiger partial charge in [-0.3, -0.25) is 0 Å². The van der Waals surface area contributed by atoms with Crippen molar-refractivity contribution in [3.05, 3.63) is 35.9 Å². The highest BCUT2D eigenvalue weighted by Gasteiger charge is 2.42. The Morgan fingerprint density at radius 3 is 2.21 bits per heavy atom. The van der Waals surface area contributed by atoms with Crippen molar-refractivity contribution in [2.24, 2.45) is 0 Å². The first-order valence-electron chi connectivity index (χ1n) is 5.91. The molecule has 19 heavy (non-hydrogen) atoms. The molecular formula is C14H20O5. The highest BCUT2D eigenvalue weighted by Crippen LogP contribution is 2.21. The Morgan fingerprint density at radius 2 is 1.74 bits per heavy atom. The van der Waals surface area contributed by atoms with Crippen LogP contribution in [0, 0.1) is 0 Å². The summed E-state index contributed by atoms with van der Waals surface area (Å²) in [5.41, 5.74) is 0.950. The summed E-state index contributed by atoms with van der Waals surface area (Å²) in [7, 11) is 4.20. The molecule has 0 aliphatic carbocycles. The van der Waals surface area contributed by atoms with Gasteiger partial charge in [0.1, 0.15) is 0 Å². The number of methoxy groups -OCH3 is 3. The number of carbonyl (C=O) groups excluding carboxylic acids is 1. The van der Waals surface area contributed by atoms with Crippen LogP contribution in [0.15, 0.2) is 30.3 Å². The lowest BCUT2D eigenvalue weighted by atomic mass is 10.1. The molecule has 0 saturated carbocycles. The fraction of sp³-hybridized carbons (Fsp3) is 0.500. The molecule has 0 saturated heterocycles. The van der Waals surface area contributed by atoms with Crippen LogP contribution in [0.2, 0.25) is 0 Å².